The second-order valence-corrected chi connectivity index (χ2v) is 5.15. The lowest BCUT2D eigenvalue weighted by Gasteiger charge is -2.09. The van der Waals surface area contributed by atoms with Crippen LogP contribution in [0.1, 0.15) is 11.4 Å². The molecule has 0 aliphatic heterocycles. The van der Waals surface area contributed by atoms with E-state index in [-0.39, 0.29) is 5.52 Å². The number of aryl methyl sites for hydroxylation is 1. The number of rotatable bonds is 4. The van der Waals surface area contributed by atoms with Crippen molar-refractivity contribution in [2.75, 3.05) is 5.88 Å². The van der Waals surface area contributed by atoms with Gasteiger partial charge >= 0.3 is 0 Å². The molecule has 2 aromatic carbocycles. The molecule has 0 radical (unpaired) electrons. The van der Waals surface area contributed by atoms with Crippen LogP contribution in [0.15, 0.2) is 42.5 Å². The number of hydrogen-bond acceptors (Lipinski definition) is 1. The van der Waals surface area contributed by atoms with Crippen molar-refractivity contribution in [3.05, 3.63) is 65.5 Å². The quantitative estimate of drug-likeness (QED) is 0.662. The summed E-state index contributed by atoms with van der Waals surface area (Å²) in [5, 5.41) is 0. The van der Waals surface area contributed by atoms with Gasteiger partial charge in [0.1, 0.15) is 11.3 Å². The zero-order valence-corrected chi connectivity index (χ0v) is 11.9. The predicted octanol–water partition coefficient (Wildman–Crippen LogP) is 4.14. The molecule has 0 saturated heterocycles. The van der Waals surface area contributed by atoms with Crippen LogP contribution in [0.4, 0.5) is 8.78 Å². The highest BCUT2D eigenvalue weighted by molar-refractivity contribution is 6.17. The van der Waals surface area contributed by atoms with Gasteiger partial charge in [0.05, 0.1) is 5.52 Å². The monoisotopic (exact) mass is 306 g/mol. The summed E-state index contributed by atoms with van der Waals surface area (Å²) in [6, 6.07) is 12.2. The summed E-state index contributed by atoms with van der Waals surface area (Å²) in [7, 11) is 0. The number of aromatic nitrogens is 2. The third-order valence-corrected chi connectivity index (χ3v) is 3.57. The smallest absolute Gasteiger partial charge is 0.184 e. The highest BCUT2D eigenvalue weighted by Crippen LogP contribution is 2.23. The maximum absolute atomic E-state index is 14.1. The SMILES string of the molecule is Fc1ccc2nc(CCCl)n(Cc3ccccc3)c2c1F. The molecule has 0 saturated carbocycles. The molecule has 0 unspecified atom stereocenters. The van der Waals surface area contributed by atoms with Gasteiger partial charge in [-0.1, -0.05) is 30.3 Å². The van der Waals surface area contributed by atoms with E-state index in [1.165, 1.54) is 6.07 Å². The van der Waals surface area contributed by atoms with Crippen LogP contribution in [0.25, 0.3) is 11.0 Å². The van der Waals surface area contributed by atoms with Crippen molar-refractivity contribution in [3.8, 4) is 0 Å². The molecule has 0 spiro atoms. The van der Waals surface area contributed by atoms with Crippen LogP contribution in [-0.2, 0) is 13.0 Å². The highest BCUT2D eigenvalue weighted by Gasteiger charge is 2.17. The average molecular weight is 307 g/mol. The molecular formula is C16H13ClF2N2. The molecule has 5 heteroatoms. The first-order valence-corrected chi connectivity index (χ1v) is 7.17. The minimum absolute atomic E-state index is 0.193. The van der Waals surface area contributed by atoms with E-state index in [1.807, 2.05) is 30.3 Å². The fourth-order valence-electron chi connectivity index (χ4n) is 2.42. The van der Waals surface area contributed by atoms with Crippen molar-refractivity contribution in [3.63, 3.8) is 0 Å². The molecule has 2 nitrogen and oxygen atoms in total. The molecule has 0 aliphatic rings. The van der Waals surface area contributed by atoms with Crippen molar-refractivity contribution in [1.29, 1.82) is 0 Å². The predicted molar refractivity (Wildman–Crippen MR) is 79.6 cm³/mol. The van der Waals surface area contributed by atoms with Crippen LogP contribution >= 0.6 is 11.6 Å². The molecule has 1 heterocycles. The van der Waals surface area contributed by atoms with E-state index in [0.717, 1.165) is 11.6 Å². The van der Waals surface area contributed by atoms with Gasteiger partial charge in [-0.25, -0.2) is 13.8 Å². The maximum atomic E-state index is 14.1. The molecule has 0 fully saturated rings. The second-order valence-electron chi connectivity index (χ2n) is 4.77. The van der Waals surface area contributed by atoms with E-state index < -0.39 is 11.6 Å². The molecule has 0 aliphatic carbocycles. The number of fused-ring (bicyclic) bond motifs is 1. The van der Waals surface area contributed by atoms with Gasteiger partial charge in [-0.15, -0.1) is 11.6 Å². The van der Waals surface area contributed by atoms with Gasteiger partial charge in [0.25, 0.3) is 0 Å². The zero-order valence-electron chi connectivity index (χ0n) is 11.2. The largest absolute Gasteiger partial charge is 0.321 e. The molecule has 1 aromatic heterocycles. The van der Waals surface area contributed by atoms with Gasteiger partial charge < -0.3 is 4.57 Å². The summed E-state index contributed by atoms with van der Waals surface area (Å²) in [6.45, 7) is 0.434. The summed E-state index contributed by atoms with van der Waals surface area (Å²) in [5.74, 6) is -0.693. The third-order valence-electron chi connectivity index (χ3n) is 3.38. The van der Waals surface area contributed by atoms with Crippen LogP contribution in [0.3, 0.4) is 0 Å². The lowest BCUT2D eigenvalue weighted by atomic mass is 10.2. The van der Waals surface area contributed by atoms with Crippen LogP contribution in [0.5, 0.6) is 0 Å². The molecule has 3 rings (SSSR count). The van der Waals surface area contributed by atoms with E-state index >= 15 is 0 Å². The minimum atomic E-state index is -0.867. The number of benzene rings is 2. The molecule has 0 N–H and O–H groups in total. The fraction of sp³-hybridized carbons (Fsp3) is 0.188. The van der Waals surface area contributed by atoms with Gasteiger partial charge in [0.2, 0.25) is 0 Å². The van der Waals surface area contributed by atoms with Gasteiger partial charge in [-0.05, 0) is 17.7 Å². The Kier molecular flexibility index (Phi) is 3.88. The Balaban J connectivity index is 2.17. The number of alkyl halides is 1. The average Bonchev–Trinajstić information content (AvgIpc) is 2.83. The van der Waals surface area contributed by atoms with E-state index in [1.54, 1.807) is 4.57 Å². The molecule has 21 heavy (non-hydrogen) atoms. The highest BCUT2D eigenvalue weighted by atomic mass is 35.5. The molecule has 3 aromatic rings. The van der Waals surface area contributed by atoms with Crippen molar-refractivity contribution in [2.24, 2.45) is 0 Å². The molecule has 0 atom stereocenters. The van der Waals surface area contributed by atoms with Crippen molar-refractivity contribution < 1.29 is 8.78 Å². The first kappa shape index (κ1) is 14.0. The Morgan fingerprint density at radius 3 is 2.52 bits per heavy atom. The molecule has 0 bridgehead atoms. The number of halogens is 3. The van der Waals surface area contributed by atoms with Crippen LogP contribution in [0, 0.1) is 11.6 Å². The first-order chi connectivity index (χ1) is 10.2. The summed E-state index contributed by atoms with van der Waals surface area (Å²) >= 11 is 5.79. The molecule has 108 valence electrons. The van der Waals surface area contributed by atoms with E-state index in [2.05, 4.69) is 4.98 Å². The standard InChI is InChI=1S/C16H13ClF2N2/c17-9-8-14-20-13-7-6-12(18)15(19)16(13)21(14)10-11-4-2-1-3-5-11/h1-7H,8-10H2. The summed E-state index contributed by atoms with van der Waals surface area (Å²) in [5.41, 5.74) is 1.64. The Labute approximate surface area is 126 Å². The fourth-order valence-corrected chi connectivity index (χ4v) is 2.59. The van der Waals surface area contributed by atoms with E-state index in [9.17, 15) is 8.78 Å². The van der Waals surface area contributed by atoms with Crippen molar-refractivity contribution in [1.82, 2.24) is 9.55 Å². The van der Waals surface area contributed by atoms with Gasteiger partial charge in [-0.3, -0.25) is 0 Å². The minimum Gasteiger partial charge on any atom is -0.321 e. The summed E-state index contributed by atoms with van der Waals surface area (Å²) < 4.78 is 29.4. The lowest BCUT2D eigenvalue weighted by molar-refractivity contribution is 0.511. The number of imidazole rings is 1. The Hall–Kier alpha value is -1.94. The topological polar surface area (TPSA) is 17.8 Å². The van der Waals surface area contributed by atoms with Crippen LogP contribution in [-0.4, -0.2) is 15.4 Å². The normalized spacial score (nSPS) is 11.2. The van der Waals surface area contributed by atoms with Gasteiger partial charge in [0.15, 0.2) is 11.6 Å². The third kappa shape index (κ3) is 2.63. The van der Waals surface area contributed by atoms with E-state index in [0.29, 0.717) is 30.2 Å². The summed E-state index contributed by atoms with van der Waals surface area (Å²) in [6.07, 6.45) is 0.504. The first-order valence-electron chi connectivity index (χ1n) is 6.63. The Morgan fingerprint density at radius 2 is 1.81 bits per heavy atom. The number of nitrogens with zero attached hydrogens (tertiary/aromatic N) is 2. The van der Waals surface area contributed by atoms with Gasteiger partial charge in [-0.2, -0.15) is 0 Å². The Morgan fingerprint density at radius 1 is 1.05 bits per heavy atom. The van der Waals surface area contributed by atoms with Crippen molar-refractivity contribution in [2.45, 2.75) is 13.0 Å². The second kappa shape index (κ2) is 5.82. The summed E-state index contributed by atoms with van der Waals surface area (Å²) in [4.78, 5) is 4.37. The van der Waals surface area contributed by atoms with E-state index in [4.69, 9.17) is 11.6 Å². The zero-order chi connectivity index (χ0) is 14.8. The van der Waals surface area contributed by atoms with Crippen LogP contribution < -0.4 is 0 Å². The van der Waals surface area contributed by atoms with Gasteiger partial charge in [0, 0.05) is 18.8 Å². The Bertz CT molecular complexity index is 769. The van der Waals surface area contributed by atoms with Crippen molar-refractivity contribution >= 4 is 22.6 Å². The maximum Gasteiger partial charge on any atom is 0.184 e. The number of hydrogen-bond donors (Lipinski definition) is 0. The molecular weight excluding hydrogens is 294 g/mol. The lowest BCUT2D eigenvalue weighted by Crippen LogP contribution is -2.07. The van der Waals surface area contributed by atoms with Crippen LogP contribution in [0.2, 0.25) is 0 Å². The molecule has 0 amide bonds.